The number of benzene rings is 1. The molecular formula is C17H16Cl2N4O2. The summed E-state index contributed by atoms with van der Waals surface area (Å²) in [6.45, 7) is 2.73. The molecule has 1 aliphatic heterocycles. The number of hydrogen-bond donors (Lipinski definition) is 1. The van der Waals surface area contributed by atoms with Crippen LogP contribution in [0, 0.1) is 0 Å². The molecule has 1 aromatic heterocycles. The van der Waals surface area contributed by atoms with Crippen LogP contribution in [0.2, 0.25) is 10.0 Å². The summed E-state index contributed by atoms with van der Waals surface area (Å²) in [5.41, 5.74) is 1.52. The number of halogens is 2. The summed E-state index contributed by atoms with van der Waals surface area (Å²) in [6.07, 6.45) is 2.45. The molecule has 0 saturated carbocycles. The smallest absolute Gasteiger partial charge is 0.274 e. The van der Waals surface area contributed by atoms with Gasteiger partial charge >= 0.3 is 0 Å². The highest BCUT2D eigenvalue weighted by molar-refractivity contribution is 6.40. The molecule has 0 atom stereocenters. The number of amides is 2. The van der Waals surface area contributed by atoms with Crippen LogP contribution in [0.3, 0.4) is 0 Å². The van der Waals surface area contributed by atoms with Crippen LogP contribution in [0.15, 0.2) is 36.5 Å². The lowest BCUT2D eigenvalue weighted by atomic mass is 10.2. The predicted octanol–water partition coefficient (Wildman–Crippen LogP) is 2.92. The molecule has 8 heteroatoms. The van der Waals surface area contributed by atoms with Crippen LogP contribution < -0.4 is 10.2 Å². The van der Waals surface area contributed by atoms with Gasteiger partial charge in [0.15, 0.2) is 0 Å². The number of anilines is 2. The van der Waals surface area contributed by atoms with E-state index >= 15 is 0 Å². The number of piperazine rings is 1. The van der Waals surface area contributed by atoms with E-state index in [1.807, 2.05) is 6.07 Å². The van der Waals surface area contributed by atoms with E-state index in [9.17, 15) is 9.59 Å². The van der Waals surface area contributed by atoms with Crippen molar-refractivity contribution in [2.24, 2.45) is 0 Å². The molecule has 2 aromatic rings. The Morgan fingerprint density at radius 1 is 1.12 bits per heavy atom. The summed E-state index contributed by atoms with van der Waals surface area (Å²) < 4.78 is 0. The predicted molar refractivity (Wildman–Crippen MR) is 98.5 cm³/mol. The quantitative estimate of drug-likeness (QED) is 0.830. The van der Waals surface area contributed by atoms with Crippen LogP contribution in [-0.4, -0.2) is 48.4 Å². The van der Waals surface area contributed by atoms with Crippen LogP contribution in [0.4, 0.5) is 11.4 Å². The molecule has 0 spiro atoms. The Balaban J connectivity index is 1.75. The first-order valence-corrected chi connectivity index (χ1v) is 8.50. The van der Waals surface area contributed by atoms with Gasteiger partial charge in [-0.05, 0) is 24.3 Å². The Morgan fingerprint density at radius 2 is 1.80 bits per heavy atom. The van der Waals surface area contributed by atoms with Gasteiger partial charge in [-0.3, -0.25) is 14.6 Å². The highest BCUT2D eigenvalue weighted by atomic mass is 35.5. The Kier molecular flexibility index (Phi) is 5.40. The van der Waals surface area contributed by atoms with E-state index in [0.29, 0.717) is 41.9 Å². The molecule has 6 nitrogen and oxygen atoms in total. The number of carbonyl (C=O) groups excluding carboxylic acids is 2. The summed E-state index contributed by atoms with van der Waals surface area (Å²) in [7, 11) is 0. The standard InChI is InChI=1S/C17H16Cl2N4O2/c18-13-2-1-3-14(19)16(13)21-17(25)15-10-12(4-5-20-15)23-8-6-22(11-24)7-9-23/h1-5,10-11H,6-9H2,(H,21,25). The SMILES string of the molecule is O=CN1CCN(c2ccnc(C(=O)Nc3c(Cl)cccc3Cl)c2)CC1. The summed E-state index contributed by atoms with van der Waals surface area (Å²) in [5.74, 6) is -0.386. The minimum absolute atomic E-state index is 0.270. The maximum atomic E-state index is 12.5. The van der Waals surface area contributed by atoms with Gasteiger partial charge in [-0.25, -0.2) is 0 Å². The van der Waals surface area contributed by atoms with Gasteiger partial charge in [0.1, 0.15) is 5.69 Å². The lowest BCUT2D eigenvalue weighted by Gasteiger charge is -2.34. The summed E-state index contributed by atoms with van der Waals surface area (Å²) in [5, 5.41) is 3.43. The number of hydrogen-bond acceptors (Lipinski definition) is 4. The molecule has 2 amide bonds. The largest absolute Gasteiger partial charge is 0.368 e. The second-order valence-corrected chi connectivity index (χ2v) is 6.39. The molecule has 25 heavy (non-hydrogen) atoms. The van der Waals surface area contributed by atoms with Crippen LogP contribution in [-0.2, 0) is 4.79 Å². The molecule has 0 unspecified atom stereocenters. The molecular weight excluding hydrogens is 363 g/mol. The molecule has 0 radical (unpaired) electrons. The Hall–Kier alpha value is -2.31. The fraction of sp³-hybridized carbons (Fsp3) is 0.235. The third-order valence-corrected chi connectivity index (χ3v) is 4.64. The molecule has 2 heterocycles. The number of carbonyl (C=O) groups is 2. The first kappa shape index (κ1) is 17.5. The summed E-state index contributed by atoms with van der Waals surface area (Å²) in [6, 6.07) is 8.57. The molecule has 1 saturated heterocycles. The van der Waals surface area contributed by atoms with Gasteiger partial charge in [-0.2, -0.15) is 0 Å². The second kappa shape index (κ2) is 7.72. The Morgan fingerprint density at radius 3 is 2.44 bits per heavy atom. The molecule has 1 fully saturated rings. The van der Waals surface area contributed by atoms with E-state index in [1.165, 1.54) is 0 Å². The zero-order valence-electron chi connectivity index (χ0n) is 13.3. The molecule has 1 aliphatic rings. The minimum atomic E-state index is -0.386. The van der Waals surface area contributed by atoms with Crippen molar-refractivity contribution in [1.82, 2.24) is 9.88 Å². The number of nitrogens with zero attached hydrogens (tertiary/aromatic N) is 3. The number of aromatic nitrogens is 1. The van der Waals surface area contributed by atoms with Gasteiger partial charge in [-0.15, -0.1) is 0 Å². The van der Waals surface area contributed by atoms with Gasteiger partial charge in [0.2, 0.25) is 6.41 Å². The Bertz CT molecular complexity index is 772. The van der Waals surface area contributed by atoms with Crippen LogP contribution in [0.1, 0.15) is 10.5 Å². The van der Waals surface area contributed by atoms with Crippen molar-refractivity contribution < 1.29 is 9.59 Å². The third-order valence-electron chi connectivity index (χ3n) is 4.01. The number of para-hydroxylation sites is 1. The fourth-order valence-corrected chi connectivity index (χ4v) is 3.11. The highest BCUT2D eigenvalue weighted by Gasteiger charge is 2.18. The topological polar surface area (TPSA) is 65.5 Å². The minimum Gasteiger partial charge on any atom is -0.368 e. The van der Waals surface area contributed by atoms with Crippen molar-refractivity contribution >= 4 is 46.9 Å². The molecule has 0 bridgehead atoms. The molecule has 1 aromatic carbocycles. The van der Waals surface area contributed by atoms with Crippen molar-refractivity contribution in [3.63, 3.8) is 0 Å². The molecule has 1 N–H and O–H groups in total. The van der Waals surface area contributed by atoms with Gasteiger partial charge < -0.3 is 15.1 Å². The summed E-state index contributed by atoms with van der Waals surface area (Å²) >= 11 is 12.2. The number of rotatable bonds is 4. The van der Waals surface area contributed by atoms with Gasteiger partial charge in [0.05, 0.1) is 15.7 Å². The van der Waals surface area contributed by atoms with Crippen LogP contribution in [0.25, 0.3) is 0 Å². The van der Waals surface area contributed by atoms with E-state index < -0.39 is 0 Å². The van der Waals surface area contributed by atoms with Crippen LogP contribution >= 0.6 is 23.2 Å². The lowest BCUT2D eigenvalue weighted by Crippen LogP contribution is -2.45. The van der Waals surface area contributed by atoms with Gasteiger partial charge in [0, 0.05) is 38.1 Å². The van der Waals surface area contributed by atoms with E-state index in [2.05, 4.69) is 15.2 Å². The van der Waals surface area contributed by atoms with E-state index in [-0.39, 0.29) is 11.6 Å². The monoisotopic (exact) mass is 378 g/mol. The summed E-state index contributed by atoms with van der Waals surface area (Å²) in [4.78, 5) is 31.3. The molecule has 130 valence electrons. The first-order chi connectivity index (χ1) is 12.1. The highest BCUT2D eigenvalue weighted by Crippen LogP contribution is 2.30. The average Bonchev–Trinajstić information content (AvgIpc) is 2.65. The van der Waals surface area contributed by atoms with E-state index in [1.54, 1.807) is 35.4 Å². The normalized spacial score (nSPS) is 14.3. The van der Waals surface area contributed by atoms with Crippen molar-refractivity contribution in [1.29, 1.82) is 0 Å². The maximum Gasteiger partial charge on any atom is 0.274 e. The fourth-order valence-electron chi connectivity index (χ4n) is 2.62. The van der Waals surface area contributed by atoms with Crippen molar-refractivity contribution in [2.75, 3.05) is 36.4 Å². The van der Waals surface area contributed by atoms with E-state index in [0.717, 1.165) is 12.1 Å². The average molecular weight is 379 g/mol. The lowest BCUT2D eigenvalue weighted by molar-refractivity contribution is -0.118. The maximum absolute atomic E-state index is 12.5. The first-order valence-electron chi connectivity index (χ1n) is 7.74. The van der Waals surface area contributed by atoms with Crippen molar-refractivity contribution in [2.45, 2.75) is 0 Å². The Labute approximate surface area is 155 Å². The third kappa shape index (κ3) is 4.03. The molecule has 3 rings (SSSR count). The van der Waals surface area contributed by atoms with Gasteiger partial charge in [0.25, 0.3) is 5.91 Å². The van der Waals surface area contributed by atoms with Crippen LogP contribution in [0.5, 0.6) is 0 Å². The number of nitrogens with one attached hydrogen (secondary N) is 1. The van der Waals surface area contributed by atoms with Crippen molar-refractivity contribution in [3.8, 4) is 0 Å². The molecule has 0 aliphatic carbocycles. The number of pyridine rings is 1. The second-order valence-electron chi connectivity index (χ2n) is 5.58. The van der Waals surface area contributed by atoms with Gasteiger partial charge in [-0.1, -0.05) is 29.3 Å². The zero-order chi connectivity index (χ0) is 17.8. The zero-order valence-corrected chi connectivity index (χ0v) is 14.8. The van der Waals surface area contributed by atoms with E-state index in [4.69, 9.17) is 23.2 Å². The van der Waals surface area contributed by atoms with Crippen molar-refractivity contribution in [3.05, 3.63) is 52.3 Å².